The van der Waals surface area contributed by atoms with Gasteiger partial charge in [0, 0.05) is 0 Å². The first-order valence-corrected chi connectivity index (χ1v) is 4.30. The topological polar surface area (TPSA) is 26.0 Å². The second kappa shape index (κ2) is 4.33. The molecule has 0 radical (unpaired) electrons. The van der Waals surface area contributed by atoms with Crippen LogP contribution in [0.15, 0.2) is 18.2 Å². The molecule has 0 aliphatic heterocycles. The van der Waals surface area contributed by atoms with Crippen molar-refractivity contribution in [2.75, 3.05) is 6.54 Å². The molecule has 0 spiro atoms. The van der Waals surface area contributed by atoms with Crippen molar-refractivity contribution in [3.63, 3.8) is 0 Å². The lowest BCUT2D eigenvalue weighted by Gasteiger charge is -2.11. The van der Waals surface area contributed by atoms with E-state index in [1.54, 1.807) is 0 Å². The number of hydrogen-bond acceptors (Lipinski definition) is 1. The van der Waals surface area contributed by atoms with Gasteiger partial charge in [-0.2, -0.15) is 0 Å². The van der Waals surface area contributed by atoms with Gasteiger partial charge in [-0.15, -0.1) is 0 Å². The Morgan fingerprint density at radius 1 is 1.38 bits per heavy atom. The Morgan fingerprint density at radius 3 is 2.69 bits per heavy atom. The van der Waals surface area contributed by atoms with E-state index in [1.807, 2.05) is 6.92 Å². The number of nitrogens with two attached hydrogens (primary N) is 1. The summed E-state index contributed by atoms with van der Waals surface area (Å²) in [6.45, 7) is 2.32. The van der Waals surface area contributed by atoms with E-state index in [9.17, 15) is 8.78 Å². The third-order valence-corrected chi connectivity index (χ3v) is 2.09. The van der Waals surface area contributed by atoms with E-state index in [0.29, 0.717) is 18.5 Å². The van der Waals surface area contributed by atoms with Crippen molar-refractivity contribution < 1.29 is 8.78 Å². The van der Waals surface area contributed by atoms with Crippen LogP contribution < -0.4 is 5.73 Å². The monoisotopic (exact) mass is 185 g/mol. The maximum absolute atomic E-state index is 13.1. The van der Waals surface area contributed by atoms with Gasteiger partial charge in [0.25, 0.3) is 0 Å². The molecule has 0 aliphatic carbocycles. The summed E-state index contributed by atoms with van der Waals surface area (Å²) in [6, 6.07) is 3.50. The third kappa shape index (κ3) is 2.49. The van der Waals surface area contributed by atoms with Gasteiger partial charge in [0.15, 0.2) is 0 Å². The molecule has 0 aliphatic rings. The van der Waals surface area contributed by atoms with Gasteiger partial charge in [0.2, 0.25) is 0 Å². The Bertz CT molecular complexity index is 286. The van der Waals surface area contributed by atoms with E-state index in [2.05, 4.69) is 0 Å². The Morgan fingerprint density at radius 2 is 2.08 bits per heavy atom. The minimum atomic E-state index is -0.403. The number of hydrogen-bond donors (Lipinski definition) is 1. The van der Waals surface area contributed by atoms with Gasteiger partial charge < -0.3 is 5.73 Å². The lowest BCUT2D eigenvalue weighted by Crippen LogP contribution is -2.06. The average Bonchev–Trinajstić information content (AvgIpc) is 2.09. The maximum atomic E-state index is 13.1. The summed E-state index contributed by atoms with van der Waals surface area (Å²) >= 11 is 0. The zero-order valence-corrected chi connectivity index (χ0v) is 7.56. The van der Waals surface area contributed by atoms with Crippen LogP contribution in [0.5, 0.6) is 0 Å². The molecule has 1 atom stereocenters. The van der Waals surface area contributed by atoms with Crippen LogP contribution in [0.25, 0.3) is 0 Å². The van der Waals surface area contributed by atoms with Crippen LogP contribution in [0, 0.1) is 11.6 Å². The Kier molecular flexibility index (Phi) is 3.37. The molecule has 0 heterocycles. The summed E-state index contributed by atoms with van der Waals surface area (Å²) < 4.78 is 25.9. The predicted molar refractivity (Wildman–Crippen MR) is 48.4 cm³/mol. The summed E-state index contributed by atoms with van der Waals surface area (Å²) in [5, 5.41) is 0. The lowest BCUT2D eigenvalue weighted by atomic mass is 9.97. The minimum Gasteiger partial charge on any atom is -0.330 e. The summed E-state index contributed by atoms with van der Waals surface area (Å²) in [4.78, 5) is 0. The van der Waals surface area contributed by atoms with Gasteiger partial charge in [0.05, 0.1) is 0 Å². The maximum Gasteiger partial charge on any atom is 0.126 e. The largest absolute Gasteiger partial charge is 0.330 e. The van der Waals surface area contributed by atoms with E-state index in [4.69, 9.17) is 5.73 Å². The van der Waals surface area contributed by atoms with Gasteiger partial charge in [0.1, 0.15) is 11.6 Å². The molecule has 1 unspecified atom stereocenters. The molecule has 0 bridgehead atoms. The van der Waals surface area contributed by atoms with Crippen LogP contribution in [0.2, 0.25) is 0 Å². The Balaban J connectivity index is 2.91. The Hall–Kier alpha value is -0.960. The molecule has 0 saturated heterocycles. The van der Waals surface area contributed by atoms with Crippen molar-refractivity contribution in [3.05, 3.63) is 35.4 Å². The summed E-state index contributed by atoms with van der Waals surface area (Å²) in [7, 11) is 0. The van der Waals surface area contributed by atoms with Crippen molar-refractivity contribution in [1.82, 2.24) is 0 Å². The molecule has 3 heteroatoms. The van der Waals surface area contributed by atoms with Crippen molar-refractivity contribution >= 4 is 0 Å². The highest BCUT2D eigenvalue weighted by Gasteiger charge is 2.10. The fourth-order valence-corrected chi connectivity index (χ4v) is 1.30. The number of benzene rings is 1. The smallest absolute Gasteiger partial charge is 0.126 e. The fraction of sp³-hybridized carbons (Fsp3) is 0.400. The average molecular weight is 185 g/mol. The van der Waals surface area contributed by atoms with Crippen LogP contribution in [0.4, 0.5) is 8.78 Å². The first kappa shape index (κ1) is 10.1. The molecule has 72 valence electrons. The molecule has 13 heavy (non-hydrogen) atoms. The number of halogens is 2. The molecule has 2 N–H and O–H groups in total. The number of rotatable bonds is 3. The van der Waals surface area contributed by atoms with Crippen LogP contribution in [-0.2, 0) is 0 Å². The minimum absolute atomic E-state index is 0.0271. The highest BCUT2D eigenvalue weighted by atomic mass is 19.1. The standard InChI is InChI=1S/C10H13F2N/c1-7(4-5-13)9-6-8(11)2-3-10(9)12/h2-3,6-7H,4-5,13H2,1H3. The van der Waals surface area contributed by atoms with Gasteiger partial charge in [-0.05, 0) is 42.6 Å². The first-order valence-electron chi connectivity index (χ1n) is 4.30. The molecule has 1 nitrogen and oxygen atoms in total. The highest BCUT2D eigenvalue weighted by Crippen LogP contribution is 2.22. The molecule has 0 saturated carbocycles. The summed E-state index contributed by atoms with van der Waals surface area (Å²) in [5.74, 6) is -0.789. The molecule has 1 rings (SSSR count). The zero-order valence-electron chi connectivity index (χ0n) is 7.56. The predicted octanol–water partition coefficient (Wildman–Crippen LogP) is 2.42. The van der Waals surface area contributed by atoms with Gasteiger partial charge >= 0.3 is 0 Å². The van der Waals surface area contributed by atoms with Gasteiger partial charge in [-0.1, -0.05) is 6.92 Å². The molecular weight excluding hydrogens is 172 g/mol. The second-order valence-corrected chi connectivity index (χ2v) is 3.14. The van der Waals surface area contributed by atoms with E-state index in [0.717, 1.165) is 12.1 Å². The summed E-state index contributed by atoms with van der Waals surface area (Å²) in [5.41, 5.74) is 5.75. The van der Waals surface area contributed by atoms with E-state index in [-0.39, 0.29) is 11.7 Å². The molecule has 0 amide bonds. The van der Waals surface area contributed by atoms with Gasteiger partial charge in [-0.3, -0.25) is 0 Å². The molecule has 1 aromatic carbocycles. The van der Waals surface area contributed by atoms with E-state index >= 15 is 0 Å². The Labute approximate surface area is 76.6 Å². The SMILES string of the molecule is CC(CCN)c1cc(F)ccc1F. The zero-order chi connectivity index (χ0) is 9.84. The lowest BCUT2D eigenvalue weighted by molar-refractivity contribution is 0.559. The van der Waals surface area contributed by atoms with Crippen LogP contribution in [-0.4, -0.2) is 6.54 Å². The molecule has 1 aromatic rings. The summed E-state index contributed by atoms with van der Waals surface area (Å²) in [6.07, 6.45) is 0.667. The quantitative estimate of drug-likeness (QED) is 0.768. The molecular formula is C10H13F2N. The molecule has 0 aromatic heterocycles. The van der Waals surface area contributed by atoms with E-state index < -0.39 is 5.82 Å². The van der Waals surface area contributed by atoms with Crippen molar-refractivity contribution in [2.24, 2.45) is 5.73 Å². The van der Waals surface area contributed by atoms with Crippen molar-refractivity contribution in [1.29, 1.82) is 0 Å². The van der Waals surface area contributed by atoms with Gasteiger partial charge in [-0.25, -0.2) is 8.78 Å². The van der Waals surface area contributed by atoms with Crippen LogP contribution in [0.1, 0.15) is 24.8 Å². The van der Waals surface area contributed by atoms with Crippen molar-refractivity contribution in [2.45, 2.75) is 19.3 Å². The normalized spacial score (nSPS) is 12.9. The second-order valence-electron chi connectivity index (χ2n) is 3.14. The highest BCUT2D eigenvalue weighted by molar-refractivity contribution is 5.22. The van der Waals surface area contributed by atoms with E-state index in [1.165, 1.54) is 6.07 Å². The first-order chi connectivity index (χ1) is 6.15. The van der Waals surface area contributed by atoms with Crippen molar-refractivity contribution in [3.8, 4) is 0 Å². The fourth-order valence-electron chi connectivity index (χ4n) is 1.30. The third-order valence-electron chi connectivity index (χ3n) is 2.09. The van der Waals surface area contributed by atoms with Crippen LogP contribution in [0.3, 0.4) is 0 Å². The molecule has 0 fully saturated rings. The van der Waals surface area contributed by atoms with Crippen LogP contribution >= 0.6 is 0 Å².